The first-order chi connectivity index (χ1) is 5.77. The number of halogens is 1. The second-order valence-electron chi connectivity index (χ2n) is 2.85. The Morgan fingerprint density at radius 1 is 1.25 bits per heavy atom. The summed E-state index contributed by atoms with van der Waals surface area (Å²) in [7, 11) is 0. The third-order valence-corrected chi connectivity index (χ3v) is 1.88. The highest BCUT2D eigenvalue weighted by molar-refractivity contribution is 5.73. The van der Waals surface area contributed by atoms with Crippen LogP contribution in [0, 0.1) is 11.9 Å². The van der Waals surface area contributed by atoms with Gasteiger partial charge in [-0.1, -0.05) is 24.3 Å². The summed E-state index contributed by atoms with van der Waals surface area (Å²) >= 11 is 0. The predicted octanol–water partition coefficient (Wildman–Crippen LogP) is 2.82. The molecular weight excluding hydrogens is 153 g/mol. The van der Waals surface area contributed by atoms with Gasteiger partial charge in [0.25, 0.3) is 0 Å². The number of hydrogen-bond donors (Lipinski definition) is 1. The van der Waals surface area contributed by atoms with Crippen molar-refractivity contribution < 1.29 is 4.39 Å². The van der Waals surface area contributed by atoms with Gasteiger partial charge in [0.2, 0.25) is 0 Å². The molecule has 2 heteroatoms. The zero-order valence-electron chi connectivity index (χ0n) is 6.76. The molecule has 0 amide bonds. The Bertz CT molecular complexity index is 331. The van der Waals surface area contributed by atoms with Crippen molar-refractivity contribution in [2.75, 3.05) is 5.32 Å². The molecular formula is C10H9FN. The fraction of sp³-hybridized carbons (Fsp3) is 0.100. The number of anilines is 1. The van der Waals surface area contributed by atoms with E-state index in [0.717, 1.165) is 11.6 Å². The average Bonchev–Trinajstić information content (AvgIpc) is 2.07. The molecule has 0 fully saturated rings. The summed E-state index contributed by atoms with van der Waals surface area (Å²) < 4.78 is 13.1. The van der Waals surface area contributed by atoms with Crippen LogP contribution in [0.4, 0.5) is 10.1 Å². The van der Waals surface area contributed by atoms with Crippen molar-refractivity contribution in [3.05, 3.63) is 41.7 Å². The molecule has 1 N–H and O–H groups in total. The Balaban J connectivity index is 2.53. The first-order valence-corrected chi connectivity index (χ1v) is 3.84. The van der Waals surface area contributed by atoms with E-state index >= 15 is 0 Å². The highest BCUT2D eigenvalue weighted by Crippen LogP contribution is 2.27. The zero-order chi connectivity index (χ0) is 8.55. The van der Waals surface area contributed by atoms with Gasteiger partial charge in [-0.25, -0.2) is 4.39 Å². The summed E-state index contributed by atoms with van der Waals surface area (Å²) in [6.07, 6.45) is 3.84. The van der Waals surface area contributed by atoms with Gasteiger partial charge in [0.05, 0.1) is 11.7 Å². The molecule has 1 nitrogen and oxygen atoms in total. The molecule has 0 aliphatic carbocycles. The summed E-state index contributed by atoms with van der Waals surface area (Å²) in [6.45, 7) is 1.91. The van der Waals surface area contributed by atoms with E-state index in [1.807, 2.05) is 25.1 Å². The van der Waals surface area contributed by atoms with Gasteiger partial charge in [-0.3, -0.25) is 0 Å². The Morgan fingerprint density at radius 2 is 2.08 bits per heavy atom. The molecule has 0 aromatic heterocycles. The Kier molecular flexibility index (Phi) is 1.61. The minimum absolute atomic E-state index is 0.198. The summed E-state index contributed by atoms with van der Waals surface area (Å²) in [4.78, 5) is 0. The van der Waals surface area contributed by atoms with Crippen LogP contribution in [0.25, 0.3) is 6.08 Å². The van der Waals surface area contributed by atoms with Gasteiger partial charge in [-0.2, -0.15) is 0 Å². The van der Waals surface area contributed by atoms with Crippen molar-refractivity contribution in [3.63, 3.8) is 0 Å². The largest absolute Gasteiger partial charge is 0.371 e. The molecule has 2 rings (SSSR count). The van der Waals surface area contributed by atoms with E-state index in [-0.39, 0.29) is 5.82 Å². The maximum atomic E-state index is 13.1. The molecule has 1 heterocycles. The van der Waals surface area contributed by atoms with Crippen LogP contribution in [-0.2, 0) is 0 Å². The van der Waals surface area contributed by atoms with E-state index in [2.05, 4.69) is 5.32 Å². The van der Waals surface area contributed by atoms with Crippen LogP contribution in [0.2, 0.25) is 0 Å². The molecule has 1 aromatic carbocycles. The van der Waals surface area contributed by atoms with Crippen LogP contribution >= 0.6 is 0 Å². The lowest BCUT2D eigenvalue weighted by atomic mass is 10.1. The van der Waals surface area contributed by atoms with Gasteiger partial charge in [-0.15, -0.1) is 0 Å². The van der Waals surface area contributed by atoms with E-state index < -0.39 is 0 Å². The lowest BCUT2D eigenvalue weighted by Gasteiger charge is -2.18. The molecule has 1 aliphatic heterocycles. The summed E-state index contributed by atoms with van der Waals surface area (Å²) in [6, 6.07) is 6.01. The Morgan fingerprint density at radius 3 is 2.92 bits per heavy atom. The van der Waals surface area contributed by atoms with Crippen molar-refractivity contribution in [2.24, 2.45) is 0 Å². The van der Waals surface area contributed by atoms with E-state index in [0.29, 0.717) is 5.69 Å². The van der Waals surface area contributed by atoms with Gasteiger partial charge in [0.15, 0.2) is 0 Å². The van der Waals surface area contributed by atoms with Crippen molar-refractivity contribution in [2.45, 2.75) is 6.92 Å². The standard InChI is InChI=1S/C10H9FN/c1-7-5-6-8-3-2-4-9(11)10(8)12-7/h2-6,12H,1H3. The number of nitrogens with one attached hydrogen (secondary N) is 1. The number of hydrogen-bond acceptors (Lipinski definition) is 1. The van der Waals surface area contributed by atoms with Crippen molar-refractivity contribution in [1.82, 2.24) is 0 Å². The third-order valence-electron chi connectivity index (χ3n) is 1.88. The molecule has 1 aromatic rings. The van der Waals surface area contributed by atoms with E-state index in [1.54, 1.807) is 6.07 Å². The number of benzene rings is 1. The highest BCUT2D eigenvalue weighted by atomic mass is 19.1. The number of para-hydroxylation sites is 1. The Hall–Kier alpha value is -1.31. The normalized spacial score (nSPS) is 15.5. The highest BCUT2D eigenvalue weighted by Gasteiger charge is 2.12. The lowest BCUT2D eigenvalue weighted by molar-refractivity contribution is 0.630. The van der Waals surface area contributed by atoms with E-state index in [4.69, 9.17) is 0 Å². The second kappa shape index (κ2) is 2.63. The minimum atomic E-state index is -0.198. The maximum Gasteiger partial charge on any atom is 0.146 e. The second-order valence-corrected chi connectivity index (χ2v) is 2.85. The predicted molar refractivity (Wildman–Crippen MR) is 48.0 cm³/mol. The fourth-order valence-electron chi connectivity index (χ4n) is 1.27. The molecule has 1 radical (unpaired) electrons. The summed E-state index contributed by atoms with van der Waals surface area (Å²) in [5.41, 5.74) is 1.48. The molecule has 61 valence electrons. The maximum absolute atomic E-state index is 13.1. The van der Waals surface area contributed by atoms with Gasteiger partial charge in [-0.05, 0) is 13.0 Å². The van der Waals surface area contributed by atoms with Crippen LogP contribution in [-0.4, -0.2) is 0 Å². The number of rotatable bonds is 0. The molecule has 0 bridgehead atoms. The van der Waals surface area contributed by atoms with Gasteiger partial charge >= 0.3 is 0 Å². The summed E-state index contributed by atoms with van der Waals surface area (Å²) in [5.74, 6) is -0.198. The third kappa shape index (κ3) is 1.09. The van der Waals surface area contributed by atoms with Crippen LogP contribution < -0.4 is 5.32 Å². The fourth-order valence-corrected chi connectivity index (χ4v) is 1.27. The van der Waals surface area contributed by atoms with E-state index in [1.165, 1.54) is 6.07 Å². The first-order valence-electron chi connectivity index (χ1n) is 3.84. The average molecular weight is 162 g/mol. The first kappa shape index (κ1) is 7.35. The molecule has 0 unspecified atom stereocenters. The summed E-state index contributed by atoms with van der Waals surface area (Å²) in [5, 5.41) is 2.98. The molecule has 0 atom stereocenters. The van der Waals surface area contributed by atoms with Crippen LogP contribution in [0.5, 0.6) is 0 Å². The molecule has 0 saturated carbocycles. The van der Waals surface area contributed by atoms with Crippen LogP contribution in [0.1, 0.15) is 12.5 Å². The van der Waals surface area contributed by atoms with Crippen LogP contribution in [0.3, 0.4) is 0 Å². The molecule has 0 saturated heterocycles. The molecule has 1 aliphatic rings. The molecule has 0 spiro atoms. The zero-order valence-corrected chi connectivity index (χ0v) is 6.76. The van der Waals surface area contributed by atoms with E-state index in [9.17, 15) is 4.39 Å². The van der Waals surface area contributed by atoms with Gasteiger partial charge in [0, 0.05) is 5.56 Å². The SMILES string of the molecule is C[C]1C=Cc2cccc(F)c2N1. The molecule has 12 heavy (non-hydrogen) atoms. The van der Waals surface area contributed by atoms with Crippen molar-refractivity contribution >= 4 is 11.8 Å². The van der Waals surface area contributed by atoms with Gasteiger partial charge in [0.1, 0.15) is 5.82 Å². The topological polar surface area (TPSA) is 12.0 Å². The lowest BCUT2D eigenvalue weighted by Crippen LogP contribution is -2.09. The smallest absolute Gasteiger partial charge is 0.146 e. The quantitative estimate of drug-likeness (QED) is 0.618. The number of fused-ring (bicyclic) bond motifs is 1. The van der Waals surface area contributed by atoms with Crippen molar-refractivity contribution in [1.29, 1.82) is 0 Å². The Labute approximate surface area is 70.9 Å². The van der Waals surface area contributed by atoms with Gasteiger partial charge < -0.3 is 5.32 Å². The monoisotopic (exact) mass is 162 g/mol. The van der Waals surface area contributed by atoms with Crippen LogP contribution in [0.15, 0.2) is 24.3 Å². The minimum Gasteiger partial charge on any atom is -0.371 e. The van der Waals surface area contributed by atoms with Crippen molar-refractivity contribution in [3.8, 4) is 0 Å².